The standard InChI is InChI=1S/C11H9F2NO4/c1-7(15)9(14(16)17)6-8-4-2-3-5-10(8)18-11(12)13/h2-6,11H,1H3/b9-6+. The van der Waals surface area contributed by atoms with E-state index in [9.17, 15) is 23.7 Å². The molecular weight excluding hydrogens is 248 g/mol. The summed E-state index contributed by atoms with van der Waals surface area (Å²) in [7, 11) is 0. The van der Waals surface area contributed by atoms with Crippen molar-refractivity contribution in [2.45, 2.75) is 13.5 Å². The van der Waals surface area contributed by atoms with Crippen LogP contribution >= 0.6 is 0 Å². The fraction of sp³-hybridized carbons (Fsp3) is 0.182. The summed E-state index contributed by atoms with van der Waals surface area (Å²) < 4.78 is 28.4. The summed E-state index contributed by atoms with van der Waals surface area (Å²) >= 11 is 0. The number of alkyl halides is 2. The molecule has 0 fully saturated rings. The molecule has 96 valence electrons. The van der Waals surface area contributed by atoms with Gasteiger partial charge in [-0.1, -0.05) is 18.2 Å². The van der Waals surface area contributed by atoms with Crippen LogP contribution in [0.5, 0.6) is 5.75 Å². The van der Waals surface area contributed by atoms with Gasteiger partial charge >= 0.3 is 12.3 Å². The first-order valence-electron chi connectivity index (χ1n) is 4.82. The minimum atomic E-state index is -3.05. The van der Waals surface area contributed by atoms with E-state index in [1.165, 1.54) is 24.3 Å². The number of carbonyl (C=O) groups is 1. The lowest BCUT2D eigenvalue weighted by Gasteiger charge is -2.07. The maximum Gasteiger partial charge on any atom is 0.387 e. The average Bonchev–Trinajstić information content (AvgIpc) is 2.26. The van der Waals surface area contributed by atoms with Crippen LogP contribution in [-0.4, -0.2) is 17.3 Å². The Balaban J connectivity index is 3.20. The number of carbonyl (C=O) groups excluding carboxylic acids is 1. The summed E-state index contributed by atoms with van der Waals surface area (Å²) in [4.78, 5) is 20.8. The predicted octanol–water partition coefficient (Wildman–Crippen LogP) is 2.49. The van der Waals surface area contributed by atoms with Crippen LogP contribution in [0.15, 0.2) is 30.0 Å². The van der Waals surface area contributed by atoms with Crippen LogP contribution in [0.3, 0.4) is 0 Å². The summed E-state index contributed by atoms with van der Waals surface area (Å²) in [5.41, 5.74) is -0.653. The number of rotatable bonds is 5. The first kappa shape index (κ1) is 13.8. The van der Waals surface area contributed by atoms with E-state index in [1.807, 2.05) is 0 Å². The molecule has 0 N–H and O–H groups in total. The number of hydrogen-bond donors (Lipinski definition) is 0. The van der Waals surface area contributed by atoms with Crippen molar-refractivity contribution in [3.63, 3.8) is 0 Å². The van der Waals surface area contributed by atoms with E-state index in [4.69, 9.17) is 0 Å². The molecule has 1 aromatic carbocycles. The van der Waals surface area contributed by atoms with E-state index in [0.29, 0.717) is 0 Å². The lowest BCUT2D eigenvalue weighted by atomic mass is 10.1. The fourth-order valence-corrected chi connectivity index (χ4v) is 1.23. The number of benzene rings is 1. The van der Waals surface area contributed by atoms with Crippen molar-refractivity contribution in [1.29, 1.82) is 0 Å². The van der Waals surface area contributed by atoms with Crippen molar-refractivity contribution in [3.8, 4) is 5.75 Å². The zero-order valence-corrected chi connectivity index (χ0v) is 9.30. The van der Waals surface area contributed by atoms with Gasteiger partial charge in [-0.2, -0.15) is 8.78 Å². The molecule has 0 unspecified atom stereocenters. The molecule has 0 bridgehead atoms. The second-order valence-electron chi connectivity index (χ2n) is 3.26. The molecule has 0 aliphatic rings. The van der Waals surface area contributed by atoms with Crippen LogP contribution in [0.2, 0.25) is 0 Å². The maximum absolute atomic E-state index is 12.1. The Labute approximate surface area is 101 Å². The molecule has 0 spiro atoms. The van der Waals surface area contributed by atoms with Crippen molar-refractivity contribution in [2.75, 3.05) is 0 Å². The molecule has 0 aromatic heterocycles. The fourth-order valence-electron chi connectivity index (χ4n) is 1.23. The summed E-state index contributed by atoms with van der Waals surface area (Å²) in [5, 5.41) is 10.6. The minimum Gasteiger partial charge on any atom is -0.434 e. The van der Waals surface area contributed by atoms with Crippen LogP contribution in [0, 0.1) is 10.1 Å². The van der Waals surface area contributed by atoms with Crippen molar-refractivity contribution in [2.24, 2.45) is 0 Å². The van der Waals surface area contributed by atoms with E-state index in [2.05, 4.69) is 4.74 Å². The lowest BCUT2D eigenvalue weighted by Crippen LogP contribution is -2.08. The summed E-state index contributed by atoms with van der Waals surface area (Å²) in [6.07, 6.45) is 0.903. The second-order valence-corrected chi connectivity index (χ2v) is 3.26. The van der Waals surface area contributed by atoms with Gasteiger partial charge in [0.25, 0.3) is 0 Å². The Bertz CT molecular complexity index is 484. The molecule has 0 aliphatic carbocycles. The van der Waals surface area contributed by atoms with Crippen LogP contribution in [0.1, 0.15) is 12.5 Å². The normalized spacial score (nSPS) is 11.4. The highest BCUT2D eigenvalue weighted by atomic mass is 19.3. The number of ketones is 1. The van der Waals surface area contributed by atoms with Crippen LogP contribution in [0.25, 0.3) is 6.08 Å². The molecule has 0 saturated carbocycles. The van der Waals surface area contributed by atoms with E-state index in [0.717, 1.165) is 13.0 Å². The lowest BCUT2D eigenvalue weighted by molar-refractivity contribution is -0.417. The highest BCUT2D eigenvalue weighted by Gasteiger charge is 2.18. The third-order valence-corrected chi connectivity index (χ3v) is 1.98. The van der Waals surface area contributed by atoms with Crippen molar-refractivity contribution in [1.82, 2.24) is 0 Å². The molecule has 0 saturated heterocycles. The van der Waals surface area contributed by atoms with Gasteiger partial charge in [0.15, 0.2) is 0 Å². The number of para-hydroxylation sites is 1. The Morgan fingerprint density at radius 1 is 1.44 bits per heavy atom. The molecule has 0 radical (unpaired) electrons. The molecule has 1 rings (SSSR count). The van der Waals surface area contributed by atoms with Crippen molar-refractivity contribution in [3.05, 3.63) is 45.6 Å². The Hall–Kier alpha value is -2.31. The Morgan fingerprint density at radius 3 is 2.56 bits per heavy atom. The maximum atomic E-state index is 12.1. The zero-order valence-electron chi connectivity index (χ0n) is 9.30. The number of halogens is 2. The monoisotopic (exact) mass is 257 g/mol. The molecule has 18 heavy (non-hydrogen) atoms. The van der Waals surface area contributed by atoms with E-state index in [-0.39, 0.29) is 11.3 Å². The van der Waals surface area contributed by atoms with Gasteiger partial charge in [0, 0.05) is 18.6 Å². The van der Waals surface area contributed by atoms with Crippen molar-refractivity contribution < 1.29 is 23.2 Å². The quantitative estimate of drug-likeness (QED) is 0.461. The van der Waals surface area contributed by atoms with Gasteiger partial charge in [0.05, 0.1) is 4.92 Å². The molecule has 1 aromatic rings. The molecule has 0 amide bonds. The number of allylic oxidation sites excluding steroid dienone is 1. The molecule has 0 aliphatic heterocycles. The molecule has 7 heteroatoms. The van der Waals surface area contributed by atoms with E-state index in [1.54, 1.807) is 0 Å². The van der Waals surface area contributed by atoms with Gasteiger partial charge < -0.3 is 4.74 Å². The van der Waals surface area contributed by atoms with Gasteiger partial charge in [0.2, 0.25) is 5.78 Å². The zero-order chi connectivity index (χ0) is 13.7. The SMILES string of the molecule is CC(=O)/C(=C\c1ccccc1OC(F)F)[N+](=O)[O-]. The predicted molar refractivity (Wildman–Crippen MR) is 58.7 cm³/mol. The van der Waals surface area contributed by atoms with Crippen LogP contribution in [-0.2, 0) is 4.79 Å². The Kier molecular flexibility index (Phi) is 4.47. The topological polar surface area (TPSA) is 69.4 Å². The van der Waals surface area contributed by atoms with Crippen LogP contribution in [0.4, 0.5) is 8.78 Å². The van der Waals surface area contributed by atoms with Crippen LogP contribution < -0.4 is 4.74 Å². The number of Topliss-reactive ketones (excluding diaryl/α,β-unsaturated/α-hetero) is 1. The second kappa shape index (κ2) is 5.85. The smallest absolute Gasteiger partial charge is 0.387 e. The van der Waals surface area contributed by atoms with Gasteiger partial charge in [-0.15, -0.1) is 0 Å². The molecule has 5 nitrogen and oxygen atoms in total. The highest BCUT2D eigenvalue weighted by Crippen LogP contribution is 2.23. The van der Waals surface area contributed by atoms with Crippen molar-refractivity contribution >= 4 is 11.9 Å². The molecule has 0 atom stereocenters. The highest BCUT2D eigenvalue weighted by molar-refractivity contribution is 5.95. The third-order valence-electron chi connectivity index (χ3n) is 1.98. The molecule has 0 heterocycles. The van der Waals surface area contributed by atoms with Gasteiger partial charge in [0.1, 0.15) is 5.75 Å². The first-order valence-corrected chi connectivity index (χ1v) is 4.82. The minimum absolute atomic E-state index is 0.0414. The number of nitrogens with zero attached hydrogens (tertiary/aromatic N) is 1. The third kappa shape index (κ3) is 3.62. The summed E-state index contributed by atoms with van der Waals surface area (Å²) in [6.45, 7) is -2.03. The number of hydrogen-bond acceptors (Lipinski definition) is 4. The average molecular weight is 257 g/mol. The summed E-state index contributed by atoms with van der Waals surface area (Å²) in [6, 6.07) is 5.50. The number of ether oxygens (including phenoxy) is 1. The molecular formula is C11H9F2NO4. The number of nitro groups is 1. The van der Waals surface area contributed by atoms with Gasteiger partial charge in [-0.3, -0.25) is 14.9 Å². The Morgan fingerprint density at radius 2 is 2.06 bits per heavy atom. The first-order chi connectivity index (χ1) is 8.41. The van der Waals surface area contributed by atoms with E-state index >= 15 is 0 Å². The van der Waals surface area contributed by atoms with Gasteiger partial charge in [-0.25, -0.2) is 0 Å². The largest absolute Gasteiger partial charge is 0.434 e. The summed E-state index contributed by atoms with van der Waals surface area (Å²) in [5.74, 6) is -1.00. The van der Waals surface area contributed by atoms with E-state index < -0.39 is 23.0 Å². The van der Waals surface area contributed by atoms with Gasteiger partial charge in [-0.05, 0) is 6.07 Å².